The minimum absolute atomic E-state index is 0.450. The second kappa shape index (κ2) is 8.66. The van der Waals surface area contributed by atoms with Crippen molar-refractivity contribution >= 4 is 17.3 Å². The lowest BCUT2D eigenvalue weighted by atomic mass is 10.1. The molecule has 2 aliphatic heterocycles. The molecule has 23 heavy (non-hydrogen) atoms. The minimum Gasteiger partial charge on any atom is -0.381 e. The summed E-state index contributed by atoms with van der Waals surface area (Å²) in [4.78, 5) is 8.41. The van der Waals surface area contributed by atoms with Gasteiger partial charge in [-0.15, -0.1) is 11.3 Å². The summed E-state index contributed by atoms with van der Waals surface area (Å²) >= 11 is 1.85. The van der Waals surface area contributed by atoms with E-state index < -0.39 is 0 Å². The topological polar surface area (TPSA) is 48.9 Å². The van der Waals surface area contributed by atoms with Crippen LogP contribution in [0.4, 0.5) is 0 Å². The summed E-state index contributed by atoms with van der Waals surface area (Å²) in [5.74, 6) is 1.51. The first-order valence-electron chi connectivity index (χ1n) is 8.66. The van der Waals surface area contributed by atoms with Crippen LogP contribution in [0.1, 0.15) is 30.2 Å². The molecule has 6 heteroatoms. The Kier molecular flexibility index (Phi) is 6.30. The molecule has 3 heterocycles. The maximum Gasteiger partial charge on any atom is 0.191 e. The van der Waals surface area contributed by atoms with Crippen LogP contribution in [-0.2, 0) is 4.74 Å². The van der Waals surface area contributed by atoms with Crippen LogP contribution >= 0.6 is 11.3 Å². The number of rotatable bonds is 6. The van der Waals surface area contributed by atoms with Gasteiger partial charge in [-0.1, -0.05) is 6.07 Å². The monoisotopic (exact) mass is 336 g/mol. The van der Waals surface area contributed by atoms with Gasteiger partial charge in [0.05, 0.1) is 12.6 Å². The fourth-order valence-corrected chi connectivity index (χ4v) is 4.20. The molecule has 0 bridgehead atoms. The lowest BCUT2D eigenvalue weighted by Gasteiger charge is -2.27. The predicted molar refractivity (Wildman–Crippen MR) is 96.2 cm³/mol. The van der Waals surface area contributed by atoms with Crippen LogP contribution in [0.5, 0.6) is 0 Å². The molecule has 0 amide bonds. The smallest absolute Gasteiger partial charge is 0.191 e. The molecule has 3 rings (SSSR count). The zero-order valence-electron chi connectivity index (χ0n) is 14.0. The van der Waals surface area contributed by atoms with E-state index in [1.54, 1.807) is 0 Å². The maximum absolute atomic E-state index is 5.43. The second-order valence-electron chi connectivity index (χ2n) is 6.34. The molecule has 0 aromatic carbocycles. The minimum atomic E-state index is 0.450. The van der Waals surface area contributed by atoms with Crippen molar-refractivity contribution in [3.8, 4) is 0 Å². The van der Waals surface area contributed by atoms with Gasteiger partial charge in [-0.25, -0.2) is 0 Å². The van der Waals surface area contributed by atoms with Crippen molar-refractivity contribution < 1.29 is 4.74 Å². The van der Waals surface area contributed by atoms with Crippen molar-refractivity contribution in [2.45, 2.75) is 25.3 Å². The van der Waals surface area contributed by atoms with Crippen molar-refractivity contribution in [2.24, 2.45) is 10.9 Å². The van der Waals surface area contributed by atoms with Crippen LogP contribution in [0.15, 0.2) is 22.5 Å². The van der Waals surface area contributed by atoms with Crippen LogP contribution in [-0.4, -0.2) is 57.3 Å². The van der Waals surface area contributed by atoms with E-state index in [2.05, 4.69) is 38.0 Å². The van der Waals surface area contributed by atoms with Gasteiger partial charge in [0.15, 0.2) is 5.96 Å². The van der Waals surface area contributed by atoms with E-state index >= 15 is 0 Å². The zero-order chi connectivity index (χ0) is 15.9. The van der Waals surface area contributed by atoms with Gasteiger partial charge in [-0.3, -0.25) is 9.89 Å². The fraction of sp³-hybridized carbons (Fsp3) is 0.706. The van der Waals surface area contributed by atoms with Gasteiger partial charge in [0.2, 0.25) is 0 Å². The molecule has 2 fully saturated rings. The number of likely N-dealkylation sites (tertiary alicyclic amines) is 1. The molecule has 1 aromatic rings. The van der Waals surface area contributed by atoms with Crippen LogP contribution in [0.3, 0.4) is 0 Å². The summed E-state index contributed by atoms with van der Waals surface area (Å²) < 4.78 is 5.43. The molecule has 2 atom stereocenters. The molecular formula is C17H28N4OS. The highest BCUT2D eigenvalue weighted by Crippen LogP contribution is 2.27. The van der Waals surface area contributed by atoms with E-state index in [1.165, 1.54) is 30.8 Å². The highest BCUT2D eigenvalue weighted by molar-refractivity contribution is 7.10. The van der Waals surface area contributed by atoms with Crippen LogP contribution in [0, 0.1) is 5.92 Å². The average molecular weight is 337 g/mol. The predicted octanol–water partition coefficient (Wildman–Crippen LogP) is 2.09. The maximum atomic E-state index is 5.43. The number of hydrogen-bond acceptors (Lipinski definition) is 4. The Balaban J connectivity index is 1.52. The van der Waals surface area contributed by atoms with E-state index in [0.717, 1.165) is 38.7 Å². The molecule has 0 spiro atoms. The Morgan fingerprint density at radius 1 is 1.43 bits per heavy atom. The average Bonchev–Trinajstić information content (AvgIpc) is 3.34. The molecule has 5 nitrogen and oxygen atoms in total. The fourth-order valence-electron chi connectivity index (χ4n) is 3.34. The molecule has 2 unspecified atom stereocenters. The van der Waals surface area contributed by atoms with E-state index in [1.807, 2.05) is 18.4 Å². The Hall–Kier alpha value is -1.11. The SMILES string of the molecule is CN=C(NCC1CCOC1)NCC(c1cccs1)N1CCCC1. The van der Waals surface area contributed by atoms with Crippen molar-refractivity contribution in [1.29, 1.82) is 0 Å². The van der Waals surface area contributed by atoms with Gasteiger partial charge < -0.3 is 15.4 Å². The van der Waals surface area contributed by atoms with Crippen LogP contribution in [0.2, 0.25) is 0 Å². The summed E-state index contributed by atoms with van der Waals surface area (Å²) in [6, 6.07) is 4.85. The normalized spacial score (nSPS) is 24.0. The van der Waals surface area contributed by atoms with Crippen molar-refractivity contribution in [1.82, 2.24) is 15.5 Å². The molecule has 1 aromatic heterocycles. The Morgan fingerprint density at radius 3 is 2.96 bits per heavy atom. The van der Waals surface area contributed by atoms with Crippen molar-refractivity contribution in [2.75, 3.05) is 46.4 Å². The van der Waals surface area contributed by atoms with E-state index in [4.69, 9.17) is 4.74 Å². The van der Waals surface area contributed by atoms with E-state index in [0.29, 0.717) is 12.0 Å². The Bertz CT molecular complexity index is 479. The number of aliphatic imine (C=N–C) groups is 1. The number of hydrogen-bond donors (Lipinski definition) is 2. The molecule has 0 aliphatic carbocycles. The van der Waals surface area contributed by atoms with Gasteiger partial charge in [-0.05, 0) is 43.8 Å². The third kappa shape index (κ3) is 4.68. The molecule has 128 valence electrons. The highest BCUT2D eigenvalue weighted by Gasteiger charge is 2.24. The van der Waals surface area contributed by atoms with Gasteiger partial charge in [0.1, 0.15) is 0 Å². The molecule has 2 aliphatic rings. The number of thiophene rings is 1. The zero-order valence-corrected chi connectivity index (χ0v) is 14.8. The van der Waals surface area contributed by atoms with E-state index in [-0.39, 0.29) is 0 Å². The van der Waals surface area contributed by atoms with Gasteiger partial charge in [0.25, 0.3) is 0 Å². The summed E-state index contributed by atoms with van der Waals surface area (Å²) in [6.45, 7) is 6.02. The number of guanidine groups is 1. The van der Waals surface area contributed by atoms with Crippen molar-refractivity contribution in [3.05, 3.63) is 22.4 Å². The molecular weight excluding hydrogens is 308 g/mol. The lowest BCUT2D eigenvalue weighted by Crippen LogP contribution is -2.43. The van der Waals surface area contributed by atoms with Crippen molar-refractivity contribution in [3.63, 3.8) is 0 Å². The first-order chi connectivity index (χ1) is 11.4. The largest absolute Gasteiger partial charge is 0.381 e. The standard InChI is InChI=1S/C17H28N4OS/c1-18-17(19-11-14-6-9-22-13-14)20-12-15(16-5-4-10-23-16)21-7-2-3-8-21/h4-5,10,14-15H,2-3,6-9,11-13H2,1H3,(H2,18,19,20). The molecule has 0 saturated carbocycles. The van der Waals surface area contributed by atoms with Gasteiger partial charge in [-0.2, -0.15) is 0 Å². The number of nitrogens with one attached hydrogen (secondary N) is 2. The molecule has 2 saturated heterocycles. The second-order valence-corrected chi connectivity index (χ2v) is 7.32. The Morgan fingerprint density at radius 2 is 2.30 bits per heavy atom. The number of nitrogens with zero attached hydrogens (tertiary/aromatic N) is 2. The van der Waals surface area contributed by atoms with Gasteiger partial charge in [0, 0.05) is 37.5 Å². The third-order valence-electron chi connectivity index (χ3n) is 4.72. The lowest BCUT2D eigenvalue weighted by molar-refractivity contribution is 0.186. The first-order valence-corrected chi connectivity index (χ1v) is 9.54. The summed E-state index contributed by atoms with van der Waals surface area (Å²) in [5.41, 5.74) is 0. The molecule has 2 N–H and O–H groups in total. The molecule has 0 radical (unpaired) electrons. The van der Waals surface area contributed by atoms with Gasteiger partial charge >= 0.3 is 0 Å². The summed E-state index contributed by atoms with van der Waals surface area (Å²) in [7, 11) is 1.84. The van der Waals surface area contributed by atoms with Crippen LogP contribution in [0.25, 0.3) is 0 Å². The first kappa shape index (κ1) is 16.7. The highest BCUT2D eigenvalue weighted by atomic mass is 32.1. The summed E-state index contributed by atoms with van der Waals surface area (Å²) in [5, 5.41) is 9.14. The Labute approximate surface area is 143 Å². The third-order valence-corrected chi connectivity index (χ3v) is 5.70. The van der Waals surface area contributed by atoms with Crippen LogP contribution < -0.4 is 10.6 Å². The number of ether oxygens (including phenoxy) is 1. The van der Waals surface area contributed by atoms with E-state index in [9.17, 15) is 0 Å². The summed E-state index contributed by atoms with van der Waals surface area (Å²) in [6.07, 6.45) is 3.78. The quantitative estimate of drug-likeness (QED) is 0.617.